The van der Waals surface area contributed by atoms with Crippen molar-refractivity contribution in [2.75, 3.05) is 18.1 Å². The number of halogens is 1. The van der Waals surface area contributed by atoms with Crippen LogP contribution in [0.15, 0.2) is 30.7 Å². The fourth-order valence-corrected chi connectivity index (χ4v) is 3.88. The number of nitrogens with one attached hydrogen (secondary N) is 1. The van der Waals surface area contributed by atoms with Crippen molar-refractivity contribution < 1.29 is 13.9 Å². The Labute approximate surface area is 160 Å². The molecule has 5 heterocycles. The quantitative estimate of drug-likeness (QED) is 0.643. The number of nitrogens with zero attached hydrogens (tertiary/aromatic N) is 5. The lowest BCUT2D eigenvalue weighted by Crippen LogP contribution is -2.39. The Balaban J connectivity index is 1.69. The Morgan fingerprint density at radius 2 is 2.21 bits per heavy atom. The molecule has 2 aliphatic rings. The van der Waals surface area contributed by atoms with Crippen LogP contribution < -0.4 is 15.0 Å². The molecule has 2 bridgehead atoms. The summed E-state index contributed by atoms with van der Waals surface area (Å²) >= 11 is 0. The molecular weight excluding hydrogens is 363 g/mol. The number of pyridine rings is 2. The number of anilines is 1. The van der Waals surface area contributed by atoms with Crippen LogP contribution >= 0.6 is 0 Å². The number of fused-ring (bicyclic) bond motifs is 5. The topological polar surface area (TPSA) is 85.2 Å². The summed E-state index contributed by atoms with van der Waals surface area (Å²) in [6.07, 6.45) is 4.40. The lowest BCUT2D eigenvalue weighted by Gasteiger charge is -2.27. The Morgan fingerprint density at radius 1 is 1.32 bits per heavy atom. The molecule has 0 radical (unpaired) electrons. The van der Waals surface area contributed by atoms with Crippen molar-refractivity contribution in [1.29, 1.82) is 0 Å². The predicted octanol–water partition coefficient (Wildman–Crippen LogP) is 2.65. The van der Waals surface area contributed by atoms with E-state index in [9.17, 15) is 9.18 Å². The van der Waals surface area contributed by atoms with Gasteiger partial charge in [-0.3, -0.25) is 0 Å². The molecule has 144 valence electrons. The molecular formula is C19H19FN6O2. The SMILES string of the molecule is C[C@H]1COc2ncc(F)cc2C2CCCN2c2ccc3ncn(c3n2)C(=O)N1. The van der Waals surface area contributed by atoms with E-state index in [0.717, 1.165) is 25.6 Å². The Hall–Kier alpha value is -3.23. The number of amides is 1. The zero-order valence-electron chi connectivity index (χ0n) is 15.3. The van der Waals surface area contributed by atoms with Crippen molar-refractivity contribution in [2.45, 2.75) is 31.8 Å². The van der Waals surface area contributed by atoms with Gasteiger partial charge in [0.2, 0.25) is 5.88 Å². The second-order valence-corrected chi connectivity index (χ2v) is 7.19. The van der Waals surface area contributed by atoms with Crippen LogP contribution in [0.3, 0.4) is 0 Å². The summed E-state index contributed by atoms with van der Waals surface area (Å²) in [5.74, 6) is 0.703. The van der Waals surface area contributed by atoms with E-state index in [0.29, 0.717) is 28.4 Å². The maximum Gasteiger partial charge on any atom is 0.328 e. The van der Waals surface area contributed by atoms with Crippen LogP contribution in [0.1, 0.15) is 31.4 Å². The third kappa shape index (κ3) is 2.74. The van der Waals surface area contributed by atoms with Crippen LogP contribution in [-0.4, -0.2) is 44.7 Å². The summed E-state index contributed by atoms with van der Waals surface area (Å²) in [6.45, 7) is 2.82. The first-order valence-electron chi connectivity index (χ1n) is 9.30. The molecule has 1 fully saturated rings. The summed E-state index contributed by atoms with van der Waals surface area (Å²) in [5, 5.41) is 2.87. The Kier molecular flexibility index (Phi) is 3.88. The van der Waals surface area contributed by atoms with E-state index in [1.807, 2.05) is 19.1 Å². The molecule has 0 saturated carbocycles. The molecule has 2 atom stereocenters. The molecule has 8 nitrogen and oxygen atoms in total. The van der Waals surface area contributed by atoms with Gasteiger partial charge in [0.1, 0.15) is 30.1 Å². The first kappa shape index (κ1) is 16.9. The average Bonchev–Trinajstić information content (AvgIpc) is 3.32. The van der Waals surface area contributed by atoms with Crippen LogP contribution in [0.25, 0.3) is 11.2 Å². The van der Waals surface area contributed by atoms with Gasteiger partial charge in [0.05, 0.1) is 18.3 Å². The van der Waals surface area contributed by atoms with Gasteiger partial charge in [-0.15, -0.1) is 0 Å². The highest BCUT2D eigenvalue weighted by molar-refractivity contribution is 5.87. The summed E-state index contributed by atoms with van der Waals surface area (Å²) in [5.41, 5.74) is 1.83. The van der Waals surface area contributed by atoms with Crippen molar-refractivity contribution in [3.8, 4) is 5.88 Å². The maximum absolute atomic E-state index is 14.0. The van der Waals surface area contributed by atoms with Crippen LogP contribution in [0.4, 0.5) is 15.0 Å². The summed E-state index contributed by atoms with van der Waals surface area (Å²) in [4.78, 5) is 27.9. The molecule has 1 N–H and O–H groups in total. The van der Waals surface area contributed by atoms with Gasteiger partial charge in [-0.05, 0) is 38.0 Å². The van der Waals surface area contributed by atoms with E-state index in [2.05, 4.69) is 20.2 Å². The third-order valence-corrected chi connectivity index (χ3v) is 5.19. The summed E-state index contributed by atoms with van der Waals surface area (Å²) < 4.78 is 21.3. The monoisotopic (exact) mass is 382 g/mol. The fourth-order valence-electron chi connectivity index (χ4n) is 3.88. The number of imidazole rings is 1. The molecule has 1 unspecified atom stereocenters. The molecule has 0 aromatic carbocycles. The molecule has 3 aromatic rings. The van der Waals surface area contributed by atoms with E-state index in [1.165, 1.54) is 17.0 Å². The van der Waals surface area contributed by atoms with Crippen molar-refractivity contribution in [3.05, 3.63) is 42.1 Å². The predicted molar refractivity (Wildman–Crippen MR) is 99.9 cm³/mol. The average molecular weight is 382 g/mol. The first-order valence-corrected chi connectivity index (χ1v) is 9.30. The lowest BCUT2D eigenvalue weighted by molar-refractivity contribution is 0.225. The summed E-state index contributed by atoms with van der Waals surface area (Å²) in [7, 11) is 0. The largest absolute Gasteiger partial charge is 0.475 e. The van der Waals surface area contributed by atoms with Gasteiger partial charge in [-0.1, -0.05) is 0 Å². The number of carbonyl (C=O) groups excluding carboxylic acids is 1. The molecule has 0 spiro atoms. The second-order valence-electron chi connectivity index (χ2n) is 7.19. The van der Waals surface area contributed by atoms with Crippen LogP contribution in [-0.2, 0) is 0 Å². The summed E-state index contributed by atoms with van der Waals surface area (Å²) in [6, 6.07) is 4.50. The third-order valence-electron chi connectivity index (χ3n) is 5.19. The van der Waals surface area contributed by atoms with E-state index in [1.54, 1.807) is 0 Å². The minimum Gasteiger partial charge on any atom is -0.475 e. The minimum atomic E-state index is -0.402. The molecule has 2 aliphatic heterocycles. The minimum absolute atomic E-state index is 0.0979. The molecule has 0 aliphatic carbocycles. The number of aromatic nitrogens is 4. The van der Waals surface area contributed by atoms with Gasteiger partial charge in [0.15, 0.2) is 5.65 Å². The van der Waals surface area contributed by atoms with E-state index >= 15 is 0 Å². The van der Waals surface area contributed by atoms with Gasteiger partial charge < -0.3 is 15.0 Å². The fraction of sp³-hybridized carbons (Fsp3) is 0.368. The highest BCUT2D eigenvalue weighted by atomic mass is 19.1. The Bertz CT molecular complexity index is 1070. The number of hydrogen-bond acceptors (Lipinski definition) is 6. The number of carbonyl (C=O) groups is 1. The van der Waals surface area contributed by atoms with Crippen molar-refractivity contribution >= 4 is 23.0 Å². The van der Waals surface area contributed by atoms with Gasteiger partial charge in [-0.2, -0.15) is 0 Å². The van der Waals surface area contributed by atoms with Gasteiger partial charge in [0, 0.05) is 12.1 Å². The van der Waals surface area contributed by atoms with Gasteiger partial charge in [0.25, 0.3) is 0 Å². The van der Waals surface area contributed by atoms with Crippen molar-refractivity contribution in [1.82, 2.24) is 24.8 Å². The van der Waals surface area contributed by atoms with Crippen LogP contribution in [0, 0.1) is 5.82 Å². The molecule has 1 saturated heterocycles. The Morgan fingerprint density at radius 3 is 3.11 bits per heavy atom. The van der Waals surface area contributed by atoms with Gasteiger partial charge >= 0.3 is 6.03 Å². The molecule has 1 amide bonds. The highest BCUT2D eigenvalue weighted by Gasteiger charge is 2.31. The maximum atomic E-state index is 14.0. The number of rotatable bonds is 0. The van der Waals surface area contributed by atoms with Crippen molar-refractivity contribution in [2.24, 2.45) is 0 Å². The molecule has 3 aromatic heterocycles. The second kappa shape index (κ2) is 6.43. The van der Waals surface area contributed by atoms with Crippen LogP contribution in [0.5, 0.6) is 5.88 Å². The molecule has 9 heteroatoms. The normalized spacial score (nSPS) is 21.9. The molecule has 28 heavy (non-hydrogen) atoms. The number of ether oxygens (including phenoxy) is 1. The zero-order chi connectivity index (χ0) is 19.3. The number of hydrogen-bond donors (Lipinski definition) is 1. The van der Waals surface area contributed by atoms with E-state index < -0.39 is 5.82 Å². The van der Waals surface area contributed by atoms with E-state index in [-0.39, 0.29) is 24.7 Å². The van der Waals surface area contributed by atoms with Gasteiger partial charge in [-0.25, -0.2) is 28.7 Å². The van der Waals surface area contributed by atoms with E-state index in [4.69, 9.17) is 9.72 Å². The zero-order valence-corrected chi connectivity index (χ0v) is 15.3. The first-order chi connectivity index (χ1) is 13.6. The standard InChI is InChI=1S/C19H19FN6O2/c1-11-9-28-18-13(7-12(20)8-21-18)15-3-2-6-25(15)16-5-4-14-17(24-16)26(10-22-14)19(27)23-11/h4-5,7-8,10-11,15H,2-3,6,9H2,1H3,(H,23,27)/t11-,15?/m0/s1. The van der Waals surface area contributed by atoms with Crippen LogP contribution in [0.2, 0.25) is 0 Å². The van der Waals surface area contributed by atoms with Crippen molar-refractivity contribution in [3.63, 3.8) is 0 Å². The molecule has 5 rings (SSSR count). The highest BCUT2D eigenvalue weighted by Crippen LogP contribution is 2.39. The lowest BCUT2D eigenvalue weighted by atomic mass is 10.1. The smallest absolute Gasteiger partial charge is 0.328 e.